The second-order valence-corrected chi connectivity index (χ2v) is 6.98. The van der Waals surface area contributed by atoms with Crippen molar-refractivity contribution in [2.75, 3.05) is 13.2 Å². The third-order valence-corrected chi connectivity index (χ3v) is 3.74. The Balaban J connectivity index is 2.51. The highest BCUT2D eigenvalue weighted by atomic mass is 16.3. The van der Waals surface area contributed by atoms with Crippen molar-refractivity contribution in [2.24, 2.45) is 11.1 Å². The van der Waals surface area contributed by atoms with Crippen LogP contribution in [0, 0.1) is 5.41 Å². The van der Waals surface area contributed by atoms with E-state index >= 15 is 0 Å². The van der Waals surface area contributed by atoms with E-state index in [0.717, 1.165) is 19.3 Å². The topological polar surface area (TPSA) is 66.6 Å². The second kappa shape index (κ2) is 7.25. The van der Waals surface area contributed by atoms with Crippen molar-refractivity contribution in [1.82, 2.24) is 4.90 Å². The molecule has 0 spiro atoms. The fraction of sp³-hybridized carbons (Fsp3) is 0.933. The van der Waals surface area contributed by atoms with Crippen LogP contribution >= 0.6 is 0 Å². The van der Waals surface area contributed by atoms with E-state index in [1.807, 2.05) is 4.90 Å². The summed E-state index contributed by atoms with van der Waals surface area (Å²) in [6, 6.07) is 0.233. The maximum Gasteiger partial charge on any atom is 0.224 e. The Kier molecular flexibility index (Phi) is 6.27. The summed E-state index contributed by atoms with van der Waals surface area (Å²) >= 11 is 0. The molecule has 1 aliphatic carbocycles. The van der Waals surface area contributed by atoms with E-state index in [0.29, 0.717) is 19.0 Å². The number of aliphatic hydroxyl groups is 1. The molecule has 1 fully saturated rings. The minimum Gasteiger partial charge on any atom is -0.395 e. The van der Waals surface area contributed by atoms with Crippen LogP contribution in [0.4, 0.5) is 0 Å². The highest BCUT2D eigenvalue weighted by Crippen LogP contribution is 2.25. The third-order valence-electron chi connectivity index (χ3n) is 3.74. The van der Waals surface area contributed by atoms with Crippen LogP contribution in [-0.4, -0.2) is 41.1 Å². The molecule has 0 heterocycles. The molecule has 1 aliphatic rings. The van der Waals surface area contributed by atoms with E-state index in [2.05, 4.69) is 20.8 Å². The molecule has 0 aromatic rings. The molecule has 1 atom stereocenters. The number of rotatable bonds is 6. The number of amides is 1. The molecule has 1 saturated carbocycles. The molecule has 3 N–H and O–H groups in total. The fourth-order valence-corrected chi connectivity index (χ4v) is 3.03. The van der Waals surface area contributed by atoms with E-state index in [1.165, 1.54) is 12.8 Å². The van der Waals surface area contributed by atoms with Gasteiger partial charge in [-0.05, 0) is 24.7 Å². The molecular weight excluding hydrogens is 240 g/mol. The van der Waals surface area contributed by atoms with Gasteiger partial charge in [-0.15, -0.1) is 0 Å². The summed E-state index contributed by atoms with van der Waals surface area (Å²) in [5, 5.41) is 9.14. The first-order chi connectivity index (χ1) is 8.83. The van der Waals surface area contributed by atoms with Crippen LogP contribution in [0.5, 0.6) is 0 Å². The SMILES string of the molecule is CC(C)(C)CC(N)CC(=O)N(CCO)C1CCCC1. The number of hydrogen-bond donors (Lipinski definition) is 2. The zero-order valence-corrected chi connectivity index (χ0v) is 12.7. The van der Waals surface area contributed by atoms with Crippen molar-refractivity contribution < 1.29 is 9.90 Å². The van der Waals surface area contributed by atoms with Crippen molar-refractivity contribution in [1.29, 1.82) is 0 Å². The highest BCUT2D eigenvalue weighted by Gasteiger charge is 2.28. The molecule has 0 bridgehead atoms. The standard InChI is InChI=1S/C15H30N2O2/c1-15(2,3)11-12(16)10-14(19)17(8-9-18)13-6-4-5-7-13/h12-13,18H,4-11,16H2,1-3H3. The van der Waals surface area contributed by atoms with Crippen LogP contribution in [0.1, 0.15) is 59.3 Å². The van der Waals surface area contributed by atoms with Crippen molar-refractivity contribution in [2.45, 2.75) is 71.4 Å². The Morgan fingerprint density at radius 1 is 1.37 bits per heavy atom. The van der Waals surface area contributed by atoms with Gasteiger partial charge in [-0.25, -0.2) is 0 Å². The van der Waals surface area contributed by atoms with E-state index in [4.69, 9.17) is 10.8 Å². The van der Waals surface area contributed by atoms with Crippen molar-refractivity contribution in [3.8, 4) is 0 Å². The summed E-state index contributed by atoms with van der Waals surface area (Å²) in [6.45, 7) is 6.90. The Morgan fingerprint density at radius 3 is 2.42 bits per heavy atom. The lowest BCUT2D eigenvalue weighted by atomic mass is 9.87. The fourth-order valence-electron chi connectivity index (χ4n) is 3.03. The molecule has 4 nitrogen and oxygen atoms in total. The lowest BCUT2D eigenvalue weighted by Crippen LogP contribution is -2.43. The van der Waals surface area contributed by atoms with Crippen LogP contribution in [0.3, 0.4) is 0 Å². The van der Waals surface area contributed by atoms with Gasteiger partial charge in [0, 0.05) is 25.0 Å². The molecule has 0 aromatic heterocycles. The summed E-state index contributed by atoms with van der Waals surface area (Å²) in [5.41, 5.74) is 6.23. The molecular formula is C15H30N2O2. The molecule has 0 radical (unpaired) electrons. The van der Waals surface area contributed by atoms with Crippen LogP contribution in [0.25, 0.3) is 0 Å². The molecule has 1 rings (SSSR count). The minimum atomic E-state index is -0.0879. The Hall–Kier alpha value is -0.610. The first-order valence-corrected chi connectivity index (χ1v) is 7.49. The molecule has 4 heteroatoms. The molecule has 0 aliphatic heterocycles. The second-order valence-electron chi connectivity index (χ2n) is 6.98. The first kappa shape index (κ1) is 16.4. The largest absolute Gasteiger partial charge is 0.395 e. The lowest BCUT2D eigenvalue weighted by Gasteiger charge is -2.30. The average molecular weight is 270 g/mol. The molecule has 0 aromatic carbocycles. The number of carbonyl (C=O) groups is 1. The van der Waals surface area contributed by atoms with Crippen molar-refractivity contribution >= 4 is 5.91 Å². The van der Waals surface area contributed by atoms with Crippen LogP contribution in [-0.2, 0) is 4.79 Å². The van der Waals surface area contributed by atoms with Gasteiger partial charge in [0.05, 0.1) is 6.61 Å². The summed E-state index contributed by atoms with van der Waals surface area (Å²) in [5.74, 6) is 0.109. The Bertz CT molecular complexity index is 280. The van der Waals surface area contributed by atoms with Gasteiger partial charge >= 0.3 is 0 Å². The van der Waals surface area contributed by atoms with Gasteiger partial charge in [-0.3, -0.25) is 4.79 Å². The minimum absolute atomic E-state index is 0.0384. The maximum absolute atomic E-state index is 12.4. The zero-order chi connectivity index (χ0) is 14.5. The quantitative estimate of drug-likeness (QED) is 0.774. The average Bonchev–Trinajstić information content (AvgIpc) is 2.75. The molecule has 0 saturated heterocycles. The predicted octanol–water partition coefficient (Wildman–Crippen LogP) is 1.90. The van der Waals surface area contributed by atoms with Crippen molar-refractivity contribution in [3.05, 3.63) is 0 Å². The van der Waals surface area contributed by atoms with Gasteiger partial charge in [-0.1, -0.05) is 33.6 Å². The number of carbonyl (C=O) groups excluding carboxylic acids is 1. The third kappa shape index (κ3) is 5.91. The van der Waals surface area contributed by atoms with Gasteiger partial charge in [0.2, 0.25) is 5.91 Å². The highest BCUT2D eigenvalue weighted by molar-refractivity contribution is 5.77. The lowest BCUT2D eigenvalue weighted by molar-refractivity contribution is -0.134. The number of nitrogens with two attached hydrogens (primary N) is 1. The Morgan fingerprint density at radius 2 is 1.95 bits per heavy atom. The van der Waals surface area contributed by atoms with Crippen LogP contribution in [0.15, 0.2) is 0 Å². The summed E-state index contributed by atoms with van der Waals surface area (Å²) in [7, 11) is 0. The normalized spacial score (nSPS) is 18.6. The molecule has 1 unspecified atom stereocenters. The first-order valence-electron chi connectivity index (χ1n) is 7.49. The number of aliphatic hydroxyl groups excluding tert-OH is 1. The molecule has 1 amide bonds. The monoisotopic (exact) mass is 270 g/mol. The summed E-state index contributed by atoms with van der Waals surface area (Å²) in [6.07, 6.45) is 5.76. The van der Waals surface area contributed by atoms with Crippen LogP contribution < -0.4 is 5.73 Å². The van der Waals surface area contributed by atoms with Crippen LogP contribution in [0.2, 0.25) is 0 Å². The summed E-state index contributed by atoms with van der Waals surface area (Å²) < 4.78 is 0. The smallest absolute Gasteiger partial charge is 0.224 e. The van der Waals surface area contributed by atoms with E-state index in [1.54, 1.807) is 0 Å². The van der Waals surface area contributed by atoms with E-state index in [-0.39, 0.29) is 24.0 Å². The Labute approximate surface area is 117 Å². The van der Waals surface area contributed by atoms with Crippen molar-refractivity contribution in [3.63, 3.8) is 0 Å². The maximum atomic E-state index is 12.4. The predicted molar refractivity (Wildman–Crippen MR) is 77.7 cm³/mol. The van der Waals surface area contributed by atoms with E-state index < -0.39 is 0 Å². The number of hydrogen-bond acceptors (Lipinski definition) is 3. The van der Waals surface area contributed by atoms with Gasteiger partial charge in [0.1, 0.15) is 0 Å². The molecule has 112 valence electrons. The zero-order valence-electron chi connectivity index (χ0n) is 12.7. The van der Waals surface area contributed by atoms with Gasteiger partial charge < -0.3 is 15.7 Å². The summed E-state index contributed by atoms with van der Waals surface area (Å²) in [4.78, 5) is 14.2. The van der Waals surface area contributed by atoms with Gasteiger partial charge in [0.15, 0.2) is 0 Å². The number of nitrogens with zero attached hydrogens (tertiary/aromatic N) is 1. The molecule has 19 heavy (non-hydrogen) atoms. The van der Waals surface area contributed by atoms with Gasteiger partial charge in [-0.2, -0.15) is 0 Å². The van der Waals surface area contributed by atoms with E-state index in [9.17, 15) is 4.79 Å². The van der Waals surface area contributed by atoms with Gasteiger partial charge in [0.25, 0.3) is 0 Å².